The topological polar surface area (TPSA) is 115 Å². The van der Waals surface area contributed by atoms with E-state index in [9.17, 15) is 9.18 Å². The van der Waals surface area contributed by atoms with E-state index in [1.54, 1.807) is 13.0 Å². The van der Waals surface area contributed by atoms with Crippen LogP contribution in [0.1, 0.15) is 23.0 Å². The van der Waals surface area contributed by atoms with E-state index in [0.717, 1.165) is 10.7 Å². The Kier molecular flexibility index (Phi) is 4.19. The van der Waals surface area contributed by atoms with Crippen molar-refractivity contribution in [2.45, 2.75) is 13.2 Å². The number of nitrogens with one attached hydrogen (secondary N) is 1. The van der Waals surface area contributed by atoms with E-state index in [1.165, 1.54) is 30.6 Å². The number of halogens is 1. The molecule has 0 amide bonds. The molecule has 0 aliphatic carbocycles. The van der Waals surface area contributed by atoms with Gasteiger partial charge in [-0.3, -0.25) is 9.89 Å². The van der Waals surface area contributed by atoms with Gasteiger partial charge in [-0.25, -0.2) is 14.1 Å². The number of aromatic nitrogens is 3. The van der Waals surface area contributed by atoms with Gasteiger partial charge in [0.25, 0.3) is 5.56 Å². The standard InChI is InChI=1S/C17H13FN4O3/c1-9-4-11(6-19)14(18)5-12(9)13-8-21-22(16(13)23)15-3-2-10(7-20-15)17(24)25/h2-5,7-8,17,21,24-25H,1H3. The number of H-pyrrole nitrogens is 1. The summed E-state index contributed by atoms with van der Waals surface area (Å²) < 4.78 is 15.0. The SMILES string of the molecule is Cc1cc(C#N)c(F)cc1-c1c[nH]n(-c2ccc(C(O)O)cn2)c1=O. The zero-order chi connectivity index (χ0) is 18.1. The van der Waals surface area contributed by atoms with E-state index in [-0.39, 0.29) is 22.5 Å². The number of hydrogen-bond donors (Lipinski definition) is 3. The van der Waals surface area contributed by atoms with E-state index < -0.39 is 17.7 Å². The number of aromatic amines is 1. The minimum absolute atomic E-state index is 0.0862. The van der Waals surface area contributed by atoms with Crippen molar-refractivity contribution in [1.82, 2.24) is 14.8 Å². The number of nitriles is 1. The van der Waals surface area contributed by atoms with E-state index in [2.05, 4.69) is 10.1 Å². The Morgan fingerprint density at radius 3 is 2.68 bits per heavy atom. The average molecular weight is 340 g/mol. The van der Waals surface area contributed by atoms with E-state index >= 15 is 0 Å². The van der Waals surface area contributed by atoms with E-state index in [4.69, 9.17) is 15.5 Å². The molecule has 2 heterocycles. The maximum absolute atomic E-state index is 13.9. The van der Waals surface area contributed by atoms with Crippen LogP contribution in [0.5, 0.6) is 0 Å². The monoisotopic (exact) mass is 340 g/mol. The maximum atomic E-state index is 13.9. The summed E-state index contributed by atoms with van der Waals surface area (Å²) in [5.74, 6) is -0.456. The Morgan fingerprint density at radius 1 is 1.32 bits per heavy atom. The molecular weight excluding hydrogens is 327 g/mol. The molecule has 3 aromatic rings. The first kappa shape index (κ1) is 16.6. The third kappa shape index (κ3) is 2.94. The molecule has 3 rings (SSSR count). The van der Waals surface area contributed by atoms with Gasteiger partial charge in [0.2, 0.25) is 0 Å². The molecule has 8 heteroatoms. The zero-order valence-electron chi connectivity index (χ0n) is 13.1. The van der Waals surface area contributed by atoms with Crippen molar-refractivity contribution < 1.29 is 14.6 Å². The predicted molar refractivity (Wildman–Crippen MR) is 86.2 cm³/mol. The lowest BCUT2D eigenvalue weighted by Crippen LogP contribution is -2.17. The first-order chi connectivity index (χ1) is 11.9. The summed E-state index contributed by atoms with van der Waals surface area (Å²) in [6.07, 6.45) is 1.01. The summed E-state index contributed by atoms with van der Waals surface area (Å²) in [6, 6.07) is 7.17. The van der Waals surface area contributed by atoms with Crippen molar-refractivity contribution in [2.75, 3.05) is 0 Å². The normalized spacial score (nSPS) is 10.9. The fourth-order valence-corrected chi connectivity index (χ4v) is 2.47. The number of benzene rings is 1. The van der Waals surface area contributed by atoms with Crippen molar-refractivity contribution in [2.24, 2.45) is 0 Å². The fraction of sp³-hybridized carbons (Fsp3) is 0.118. The summed E-state index contributed by atoms with van der Waals surface area (Å²) in [6.45, 7) is 1.68. The fourth-order valence-electron chi connectivity index (χ4n) is 2.47. The highest BCUT2D eigenvalue weighted by molar-refractivity contribution is 5.67. The highest BCUT2D eigenvalue weighted by Gasteiger charge is 2.15. The van der Waals surface area contributed by atoms with Gasteiger partial charge in [0, 0.05) is 18.0 Å². The lowest BCUT2D eigenvalue weighted by Gasteiger charge is -2.05. The van der Waals surface area contributed by atoms with Crippen molar-refractivity contribution in [3.05, 3.63) is 69.5 Å². The van der Waals surface area contributed by atoms with Crippen LogP contribution in [0.25, 0.3) is 16.9 Å². The van der Waals surface area contributed by atoms with Crippen molar-refractivity contribution in [3.63, 3.8) is 0 Å². The Balaban J connectivity index is 2.07. The van der Waals surface area contributed by atoms with E-state index in [1.807, 2.05) is 0 Å². The number of pyridine rings is 1. The second-order valence-corrected chi connectivity index (χ2v) is 5.41. The number of nitrogens with zero attached hydrogens (tertiary/aromatic N) is 3. The number of aliphatic hydroxyl groups excluding tert-OH is 1. The molecule has 0 radical (unpaired) electrons. The Bertz CT molecular complexity index is 1030. The molecule has 0 aliphatic rings. The molecule has 0 fully saturated rings. The largest absolute Gasteiger partial charge is 0.364 e. The zero-order valence-corrected chi connectivity index (χ0v) is 13.1. The molecule has 3 N–H and O–H groups in total. The highest BCUT2D eigenvalue weighted by Crippen LogP contribution is 2.24. The first-order valence-corrected chi connectivity index (χ1v) is 7.26. The number of hydrogen-bond acceptors (Lipinski definition) is 5. The second-order valence-electron chi connectivity index (χ2n) is 5.41. The van der Waals surface area contributed by atoms with Gasteiger partial charge in [-0.15, -0.1) is 0 Å². The second kappa shape index (κ2) is 6.32. The van der Waals surface area contributed by atoms with Gasteiger partial charge in [-0.1, -0.05) is 0 Å². The molecular formula is C17H13FN4O3. The van der Waals surface area contributed by atoms with Crippen molar-refractivity contribution >= 4 is 0 Å². The minimum Gasteiger partial charge on any atom is -0.364 e. The van der Waals surface area contributed by atoms with Crippen molar-refractivity contribution in [3.8, 4) is 23.0 Å². The van der Waals surface area contributed by atoms with Crippen LogP contribution in [0.4, 0.5) is 4.39 Å². The molecule has 0 atom stereocenters. The lowest BCUT2D eigenvalue weighted by atomic mass is 10.0. The summed E-state index contributed by atoms with van der Waals surface area (Å²) in [5.41, 5.74) is 0.850. The van der Waals surface area contributed by atoms with Gasteiger partial charge in [0.15, 0.2) is 12.1 Å². The summed E-state index contributed by atoms with van der Waals surface area (Å²) >= 11 is 0. The summed E-state index contributed by atoms with van der Waals surface area (Å²) in [7, 11) is 0. The molecule has 0 bridgehead atoms. The Morgan fingerprint density at radius 2 is 2.08 bits per heavy atom. The van der Waals surface area contributed by atoms with Gasteiger partial charge >= 0.3 is 0 Å². The van der Waals surface area contributed by atoms with Crippen LogP contribution in [0.15, 0.2) is 41.5 Å². The first-order valence-electron chi connectivity index (χ1n) is 7.26. The van der Waals surface area contributed by atoms with Crippen LogP contribution in [-0.2, 0) is 0 Å². The van der Waals surface area contributed by atoms with Crippen LogP contribution in [-0.4, -0.2) is 25.0 Å². The molecule has 0 spiro atoms. The molecule has 25 heavy (non-hydrogen) atoms. The molecule has 2 aromatic heterocycles. The van der Waals surface area contributed by atoms with E-state index in [0.29, 0.717) is 11.1 Å². The van der Waals surface area contributed by atoms with Gasteiger partial charge in [-0.2, -0.15) is 5.26 Å². The summed E-state index contributed by atoms with van der Waals surface area (Å²) in [4.78, 5) is 16.6. The molecule has 0 saturated carbocycles. The van der Waals surface area contributed by atoms with Gasteiger partial charge in [0.05, 0.1) is 11.1 Å². The number of aliphatic hydroxyl groups is 2. The van der Waals surface area contributed by atoms with Gasteiger partial charge in [-0.05, 0) is 42.3 Å². The third-order valence-corrected chi connectivity index (χ3v) is 3.79. The van der Waals surface area contributed by atoms with Crippen LogP contribution in [0, 0.1) is 24.1 Å². The van der Waals surface area contributed by atoms with Crippen LogP contribution in [0.2, 0.25) is 0 Å². The highest BCUT2D eigenvalue weighted by atomic mass is 19.1. The van der Waals surface area contributed by atoms with Crippen LogP contribution in [0.3, 0.4) is 0 Å². The van der Waals surface area contributed by atoms with Gasteiger partial charge in [0.1, 0.15) is 11.9 Å². The number of rotatable bonds is 3. The smallest absolute Gasteiger partial charge is 0.280 e. The molecule has 1 aromatic carbocycles. The quantitative estimate of drug-likeness (QED) is 0.626. The Hall–Kier alpha value is -3.28. The predicted octanol–water partition coefficient (Wildman–Crippen LogP) is 1.53. The summed E-state index contributed by atoms with van der Waals surface area (Å²) in [5, 5.41) is 29.8. The van der Waals surface area contributed by atoms with Gasteiger partial charge < -0.3 is 10.2 Å². The van der Waals surface area contributed by atoms with Crippen LogP contribution < -0.4 is 5.56 Å². The molecule has 0 aliphatic heterocycles. The average Bonchev–Trinajstić information content (AvgIpc) is 2.98. The molecule has 7 nitrogen and oxygen atoms in total. The maximum Gasteiger partial charge on any atom is 0.280 e. The third-order valence-electron chi connectivity index (χ3n) is 3.79. The molecule has 126 valence electrons. The molecule has 0 saturated heterocycles. The Labute approximate surface area is 141 Å². The van der Waals surface area contributed by atoms with Crippen molar-refractivity contribution in [1.29, 1.82) is 5.26 Å². The molecule has 0 unspecified atom stereocenters. The van der Waals surface area contributed by atoms with Crippen LogP contribution >= 0.6 is 0 Å². The minimum atomic E-state index is -1.65. The number of aryl methyl sites for hydroxylation is 1. The lowest BCUT2D eigenvalue weighted by molar-refractivity contribution is -0.0427.